The third kappa shape index (κ3) is 4.97. The predicted molar refractivity (Wildman–Crippen MR) is 72.1 cm³/mol. The predicted octanol–water partition coefficient (Wildman–Crippen LogP) is 3.24. The summed E-state index contributed by atoms with van der Waals surface area (Å²) < 4.78 is 0. The number of hydrogen-bond donors (Lipinski definition) is 2. The summed E-state index contributed by atoms with van der Waals surface area (Å²) in [5, 5.41) is 13.2. The van der Waals surface area contributed by atoms with E-state index in [-0.39, 0.29) is 6.10 Å². The lowest BCUT2D eigenvalue weighted by atomic mass is 9.89. The monoisotopic (exact) mass is 239 g/mol. The molecule has 0 aromatic carbocycles. The fourth-order valence-corrected chi connectivity index (χ4v) is 3.36. The molecule has 0 atom stereocenters. The molecular formula is C15H29NO. The Kier molecular flexibility index (Phi) is 5.79. The highest BCUT2D eigenvalue weighted by atomic mass is 16.3. The molecule has 0 bridgehead atoms. The van der Waals surface area contributed by atoms with Crippen LogP contribution in [0.15, 0.2) is 0 Å². The maximum atomic E-state index is 9.48. The standard InChI is InChI=1S/C15H29NO/c17-15-10-8-14(9-11-15)16-12-13-6-4-2-1-3-5-7-13/h13-17H,1-12H2. The molecule has 2 aliphatic rings. The lowest BCUT2D eigenvalue weighted by Crippen LogP contribution is -2.37. The molecular weight excluding hydrogens is 210 g/mol. The third-order valence-electron chi connectivity index (χ3n) is 4.62. The van der Waals surface area contributed by atoms with Crippen LogP contribution in [0.25, 0.3) is 0 Å². The molecule has 0 heterocycles. The fourth-order valence-electron chi connectivity index (χ4n) is 3.36. The molecule has 0 aromatic heterocycles. The van der Waals surface area contributed by atoms with Crippen LogP contribution in [-0.4, -0.2) is 23.8 Å². The van der Waals surface area contributed by atoms with Crippen molar-refractivity contribution in [2.24, 2.45) is 5.92 Å². The Morgan fingerprint density at radius 2 is 1.35 bits per heavy atom. The zero-order chi connectivity index (χ0) is 11.9. The number of hydrogen-bond acceptors (Lipinski definition) is 2. The lowest BCUT2D eigenvalue weighted by molar-refractivity contribution is 0.115. The fraction of sp³-hybridized carbons (Fsp3) is 1.00. The smallest absolute Gasteiger partial charge is 0.0541 e. The van der Waals surface area contributed by atoms with Gasteiger partial charge < -0.3 is 10.4 Å². The van der Waals surface area contributed by atoms with E-state index in [1.54, 1.807) is 0 Å². The van der Waals surface area contributed by atoms with Gasteiger partial charge in [0.15, 0.2) is 0 Å². The Bertz CT molecular complexity index is 191. The second-order valence-electron chi connectivity index (χ2n) is 6.12. The van der Waals surface area contributed by atoms with E-state index in [1.165, 1.54) is 64.3 Å². The zero-order valence-corrected chi connectivity index (χ0v) is 11.2. The summed E-state index contributed by atoms with van der Waals surface area (Å²) >= 11 is 0. The van der Waals surface area contributed by atoms with E-state index in [0.29, 0.717) is 6.04 Å². The molecule has 2 rings (SSSR count). The minimum Gasteiger partial charge on any atom is -0.393 e. The largest absolute Gasteiger partial charge is 0.393 e. The number of nitrogens with one attached hydrogen (secondary N) is 1. The first kappa shape index (κ1) is 13.4. The van der Waals surface area contributed by atoms with Gasteiger partial charge in [0.05, 0.1) is 6.10 Å². The van der Waals surface area contributed by atoms with Crippen LogP contribution in [0.4, 0.5) is 0 Å². The van der Waals surface area contributed by atoms with Gasteiger partial charge in [0.1, 0.15) is 0 Å². The SMILES string of the molecule is OC1CCC(NCC2CCCCCCC2)CC1. The first-order valence-electron chi connectivity index (χ1n) is 7.76. The first-order chi connectivity index (χ1) is 8.34. The van der Waals surface area contributed by atoms with Crippen molar-refractivity contribution in [2.45, 2.75) is 82.8 Å². The summed E-state index contributed by atoms with van der Waals surface area (Å²) in [5.74, 6) is 0.919. The van der Waals surface area contributed by atoms with Crippen LogP contribution in [0.3, 0.4) is 0 Å². The molecule has 0 unspecified atom stereocenters. The second kappa shape index (κ2) is 7.38. The van der Waals surface area contributed by atoms with Gasteiger partial charge in [0.2, 0.25) is 0 Å². The normalized spacial score (nSPS) is 33.0. The van der Waals surface area contributed by atoms with Crippen molar-refractivity contribution in [1.82, 2.24) is 5.32 Å². The molecule has 100 valence electrons. The van der Waals surface area contributed by atoms with Crippen molar-refractivity contribution in [3.8, 4) is 0 Å². The summed E-state index contributed by atoms with van der Waals surface area (Å²) in [6, 6.07) is 0.684. The van der Waals surface area contributed by atoms with Crippen LogP contribution < -0.4 is 5.32 Å². The molecule has 0 amide bonds. The summed E-state index contributed by atoms with van der Waals surface area (Å²) in [6.07, 6.45) is 14.4. The average Bonchev–Trinajstić information content (AvgIpc) is 2.30. The Hall–Kier alpha value is -0.0800. The molecule has 2 heteroatoms. The highest BCUT2D eigenvalue weighted by Gasteiger charge is 2.20. The summed E-state index contributed by atoms with van der Waals surface area (Å²) in [5.41, 5.74) is 0. The maximum absolute atomic E-state index is 9.48. The Morgan fingerprint density at radius 1 is 0.765 bits per heavy atom. The Balaban J connectivity index is 1.62. The molecule has 0 aliphatic heterocycles. The molecule has 0 radical (unpaired) electrons. The summed E-state index contributed by atoms with van der Waals surface area (Å²) in [7, 11) is 0. The molecule has 2 aliphatic carbocycles. The van der Waals surface area contributed by atoms with Gasteiger partial charge in [-0.1, -0.05) is 32.1 Å². The van der Waals surface area contributed by atoms with E-state index in [0.717, 1.165) is 18.8 Å². The summed E-state index contributed by atoms with van der Waals surface area (Å²) in [4.78, 5) is 0. The van der Waals surface area contributed by atoms with Gasteiger partial charge in [-0.2, -0.15) is 0 Å². The zero-order valence-electron chi connectivity index (χ0n) is 11.2. The van der Waals surface area contributed by atoms with Crippen LogP contribution >= 0.6 is 0 Å². The van der Waals surface area contributed by atoms with E-state index in [2.05, 4.69) is 5.32 Å². The molecule has 2 saturated carbocycles. The third-order valence-corrected chi connectivity index (χ3v) is 4.62. The van der Waals surface area contributed by atoms with Gasteiger partial charge in [-0.25, -0.2) is 0 Å². The second-order valence-corrected chi connectivity index (χ2v) is 6.12. The Labute approximate surface area is 106 Å². The van der Waals surface area contributed by atoms with Crippen molar-refractivity contribution in [3.63, 3.8) is 0 Å². The van der Waals surface area contributed by atoms with Gasteiger partial charge in [0, 0.05) is 6.04 Å². The van der Waals surface area contributed by atoms with Crippen molar-refractivity contribution >= 4 is 0 Å². The Morgan fingerprint density at radius 3 is 2.00 bits per heavy atom. The van der Waals surface area contributed by atoms with E-state index >= 15 is 0 Å². The minimum atomic E-state index is -0.0190. The maximum Gasteiger partial charge on any atom is 0.0541 e. The molecule has 0 aromatic rings. The van der Waals surface area contributed by atoms with E-state index < -0.39 is 0 Å². The summed E-state index contributed by atoms with van der Waals surface area (Å²) in [6.45, 7) is 1.22. The topological polar surface area (TPSA) is 32.3 Å². The van der Waals surface area contributed by atoms with Gasteiger partial charge in [-0.05, 0) is 51.0 Å². The average molecular weight is 239 g/mol. The van der Waals surface area contributed by atoms with Gasteiger partial charge in [0.25, 0.3) is 0 Å². The van der Waals surface area contributed by atoms with Crippen LogP contribution in [0.5, 0.6) is 0 Å². The van der Waals surface area contributed by atoms with Crippen molar-refractivity contribution in [1.29, 1.82) is 0 Å². The molecule has 0 spiro atoms. The van der Waals surface area contributed by atoms with E-state index in [9.17, 15) is 5.11 Å². The molecule has 17 heavy (non-hydrogen) atoms. The van der Waals surface area contributed by atoms with Gasteiger partial charge >= 0.3 is 0 Å². The number of aliphatic hydroxyl groups excluding tert-OH is 1. The van der Waals surface area contributed by atoms with Crippen LogP contribution in [0.2, 0.25) is 0 Å². The minimum absolute atomic E-state index is 0.0190. The van der Waals surface area contributed by atoms with Crippen molar-refractivity contribution in [2.75, 3.05) is 6.54 Å². The first-order valence-corrected chi connectivity index (χ1v) is 7.76. The highest BCUT2D eigenvalue weighted by Crippen LogP contribution is 2.23. The number of rotatable bonds is 3. The van der Waals surface area contributed by atoms with Crippen molar-refractivity contribution in [3.05, 3.63) is 0 Å². The van der Waals surface area contributed by atoms with Gasteiger partial charge in [-0.3, -0.25) is 0 Å². The molecule has 2 fully saturated rings. The quantitative estimate of drug-likeness (QED) is 0.792. The highest BCUT2D eigenvalue weighted by molar-refractivity contribution is 4.78. The van der Waals surface area contributed by atoms with Crippen LogP contribution in [0, 0.1) is 5.92 Å². The van der Waals surface area contributed by atoms with E-state index in [1.807, 2.05) is 0 Å². The molecule has 2 N–H and O–H groups in total. The van der Waals surface area contributed by atoms with Crippen LogP contribution in [0.1, 0.15) is 70.6 Å². The van der Waals surface area contributed by atoms with Gasteiger partial charge in [-0.15, -0.1) is 0 Å². The lowest BCUT2D eigenvalue weighted by Gasteiger charge is -2.28. The molecule has 2 nitrogen and oxygen atoms in total. The van der Waals surface area contributed by atoms with E-state index in [4.69, 9.17) is 0 Å². The molecule has 0 saturated heterocycles. The van der Waals surface area contributed by atoms with Crippen LogP contribution in [-0.2, 0) is 0 Å². The van der Waals surface area contributed by atoms with Crippen molar-refractivity contribution < 1.29 is 5.11 Å². The number of aliphatic hydroxyl groups is 1.